The van der Waals surface area contributed by atoms with Gasteiger partial charge >= 0.3 is 11.9 Å². The molecule has 0 amide bonds. The lowest BCUT2D eigenvalue weighted by Crippen LogP contribution is -2.10. The largest absolute Gasteiger partial charge is 0.481 e. The fraction of sp³-hybridized carbons (Fsp3) is 0.429. The number of aliphatic carboxylic acids is 1. The lowest BCUT2D eigenvalue weighted by atomic mass is 10.2. The zero-order valence-corrected chi connectivity index (χ0v) is 6.70. The minimum atomic E-state index is -1.13. The van der Waals surface area contributed by atoms with Gasteiger partial charge < -0.3 is 5.11 Å². The zero-order valence-electron chi connectivity index (χ0n) is 6.70. The van der Waals surface area contributed by atoms with Gasteiger partial charge in [0.1, 0.15) is 0 Å². The first-order valence-electron chi connectivity index (χ1n) is 3.31. The van der Waals surface area contributed by atoms with Crippen molar-refractivity contribution in [1.29, 1.82) is 0 Å². The summed E-state index contributed by atoms with van der Waals surface area (Å²) in [6, 6.07) is 0. The van der Waals surface area contributed by atoms with E-state index in [-0.39, 0.29) is 12.2 Å². The van der Waals surface area contributed by atoms with E-state index >= 15 is 0 Å². The highest BCUT2D eigenvalue weighted by Gasteiger charge is 2.12. The quantitative estimate of drug-likeness (QED) is 0.373. The van der Waals surface area contributed by atoms with Crippen LogP contribution in [0.3, 0.4) is 0 Å². The molecule has 0 aliphatic carbocycles. The Balaban J connectivity index is 3.77. The number of hydrogen-bond donors (Lipinski definition) is 1. The van der Waals surface area contributed by atoms with Crippen LogP contribution in [0.4, 0.5) is 0 Å². The number of rotatable bonds is 5. The fourth-order valence-corrected chi connectivity index (χ4v) is 0.426. The van der Waals surface area contributed by atoms with Crippen LogP contribution in [0.1, 0.15) is 13.3 Å². The Bertz CT molecular complexity index is 196. The molecule has 0 spiro atoms. The molecule has 68 valence electrons. The van der Waals surface area contributed by atoms with Gasteiger partial charge in [0.05, 0.1) is 13.0 Å². The third-order valence-electron chi connectivity index (χ3n) is 0.906. The first kappa shape index (κ1) is 10.6. The first-order chi connectivity index (χ1) is 5.57. The standard InChI is InChI=1S/C7H10O5/c1-3-11-12-7(10)5(2)4-6(8)9/h2-4H2,1H3,(H,8,9). The van der Waals surface area contributed by atoms with Crippen molar-refractivity contribution in [3.8, 4) is 0 Å². The van der Waals surface area contributed by atoms with E-state index < -0.39 is 18.4 Å². The van der Waals surface area contributed by atoms with E-state index in [4.69, 9.17) is 5.11 Å². The molecule has 5 nitrogen and oxygen atoms in total. The van der Waals surface area contributed by atoms with E-state index in [1.807, 2.05) is 0 Å². The molecule has 12 heavy (non-hydrogen) atoms. The zero-order chi connectivity index (χ0) is 9.56. The Kier molecular flexibility index (Phi) is 4.71. The van der Waals surface area contributed by atoms with Crippen molar-refractivity contribution < 1.29 is 24.5 Å². The van der Waals surface area contributed by atoms with Crippen molar-refractivity contribution >= 4 is 11.9 Å². The van der Waals surface area contributed by atoms with E-state index in [0.29, 0.717) is 0 Å². The predicted molar refractivity (Wildman–Crippen MR) is 39.1 cm³/mol. The van der Waals surface area contributed by atoms with Crippen LogP contribution in [0.2, 0.25) is 0 Å². The monoisotopic (exact) mass is 174 g/mol. The minimum Gasteiger partial charge on any atom is -0.481 e. The first-order valence-corrected chi connectivity index (χ1v) is 3.31. The average Bonchev–Trinajstić information content (AvgIpc) is 1.98. The molecular weight excluding hydrogens is 164 g/mol. The maximum absolute atomic E-state index is 10.7. The van der Waals surface area contributed by atoms with Gasteiger partial charge in [0.25, 0.3) is 0 Å². The van der Waals surface area contributed by atoms with Gasteiger partial charge in [0.2, 0.25) is 0 Å². The molecule has 0 rings (SSSR count). The van der Waals surface area contributed by atoms with Gasteiger partial charge in [-0.25, -0.2) is 4.79 Å². The molecule has 0 saturated heterocycles. The second-order valence-electron chi connectivity index (χ2n) is 1.95. The average molecular weight is 174 g/mol. The minimum absolute atomic E-state index is 0.143. The summed E-state index contributed by atoms with van der Waals surface area (Å²) in [5, 5.41) is 8.25. The Morgan fingerprint density at radius 3 is 2.50 bits per heavy atom. The van der Waals surface area contributed by atoms with Gasteiger partial charge in [-0.15, -0.1) is 0 Å². The summed E-state index contributed by atoms with van der Waals surface area (Å²) in [4.78, 5) is 29.3. The third-order valence-corrected chi connectivity index (χ3v) is 0.906. The maximum Gasteiger partial charge on any atom is 0.369 e. The summed E-state index contributed by atoms with van der Waals surface area (Å²) in [7, 11) is 0. The van der Waals surface area contributed by atoms with E-state index in [2.05, 4.69) is 16.4 Å². The lowest BCUT2D eigenvalue weighted by molar-refractivity contribution is -0.265. The van der Waals surface area contributed by atoms with Crippen molar-refractivity contribution in [2.75, 3.05) is 6.61 Å². The van der Waals surface area contributed by atoms with Crippen molar-refractivity contribution in [2.24, 2.45) is 0 Å². The normalized spacial score (nSPS) is 9.08. The second-order valence-corrected chi connectivity index (χ2v) is 1.95. The van der Waals surface area contributed by atoms with Crippen LogP contribution in [-0.4, -0.2) is 23.7 Å². The molecule has 0 aliphatic heterocycles. The van der Waals surface area contributed by atoms with Crippen molar-refractivity contribution in [1.82, 2.24) is 0 Å². The highest BCUT2D eigenvalue weighted by molar-refractivity contribution is 5.92. The molecule has 0 unspecified atom stereocenters. The molecule has 0 aromatic carbocycles. The summed E-state index contributed by atoms with van der Waals surface area (Å²) in [5.74, 6) is -1.98. The molecule has 0 radical (unpaired) electrons. The van der Waals surface area contributed by atoms with Crippen molar-refractivity contribution in [2.45, 2.75) is 13.3 Å². The summed E-state index contributed by atoms with van der Waals surface area (Å²) < 4.78 is 0. The summed E-state index contributed by atoms with van der Waals surface area (Å²) in [6.45, 7) is 5.06. The molecule has 0 bridgehead atoms. The Morgan fingerprint density at radius 2 is 2.08 bits per heavy atom. The molecule has 0 aromatic rings. The van der Waals surface area contributed by atoms with E-state index in [1.54, 1.807) is 6.92 Å². The Labute approximate surface area is 69.5 Å². The summed E-state index contributed by atoms with van der Waals surface area (Å²) in [6.07, 6.45) is -0.439. The number of hydrogen-bond acceptors (Lipinski definition) is 4. The third kappa shape index (κ3) is 4.45. The fourth-order valence-electron chi connectivity index (χ4n) is 0.426. The molecular formula is C7H10O5. The van der Waals surface area contributed by atoms with E-state index in [0.717, 1.165) is 0 Å². The van der Waals surface area contributed by atoms with Gasteiger partial charge in [0.15, 0.2) is 0 Å². The predicted octanol–water partition coefficient (Wildman–Crippen LogP) is 0.512. The van der Waals surface area contributed by atoms with Gasteiger partial charge in [-0.3, -0.25) is 9.68 Å². The van der Waals surface area contributed by atoms with Gasteiger partial charge in [-0.2, -0.15) is 4.89 Å². The van der Waals surface area contributed by atoms with Crippen LogP contribution in [-0.2, 0) is 19.4 Å². The molecule has 1 N–H and O–H groups in total. The van der Waals surface area contributed by atoms with E-state index in [9.17, 15) is 9.59 Å². The topological polar surface area (TPSA) is 72.8 Å². The number of carbonyl (C=O) groups excluding carboxylic acids is 1. The molecule has 0 heterocycles. The molecule has 0 fully saturated rings. The van der Waals surface area contributed by atoms with Gasteiger partial charge in [-0.1, -0.05) is 6.58 Å². The van der Waals surface area contributed by atoms with E-state index in [1.165, 1.54) is 0 Å². The Morgan fingerprint density at radius 1 is 1.50 bits per heavy atom. The van der Waals surface area contributed by atoms with Crippen LogP contribution in [0, 0.1) is 0 Å². The maximum atomic E-state index is 10.7. The van der Waals surface area contributed by atoms with Crippen LogP contribution >= 0.6 is 0 Å². The molecule has 0 saturated carbocycles. The Hall–Kier alpha value is -1.36. The molecule has 0 aliphatic rings. The van der Waals surface area contributed by atoms with Crippen molar-refractivity contribution in [3.05, 3.63) is 12.2 Å². The number of carbonyl (C=O) groups is 2. The molecule has 0 aromatic heterocycles. The summed E-state index contributed by atoms with van der Waals surface area (Å²) >= 11 is 0. The van der Waals surface area contributed by atoms with Crippen LogP contribution in [0.15, 0.2) is 12.2 Å². The van der Waals surface area contributed by atoms with Crippen LogP contribution < -0.4 is 0 Å². The summed E-state index contributed by atoms with van der Waals surface area (Å²) in [5.41, 5.74) is -0.143. The van der Waals surface area contributed by atoms with Crippen LogP contribution in [0.25, 0.3) is 0 Å². The number of carboxylic acid groups (broad SMARTS) is 1. The van der Waals surface area contributed by atoms with Crippen LogP contribution in [0.5, 0.6) is 0 Å². The molecule has 5 heteroatoms. The van der Waals surface area contributed by atoms with Gasteiger partial charge in [0, 0.05) is 5.57 Å². The highest BCUT2D eigenvalue weighted by atomic mass is 17.2. The smallest absolute Gasteiger partial charge is 0.369 e. The molecule has 0 atom stereocenters. The lowest BCUT2D eigenvalue weighted by Gasteiger charge is -2.01. The second kappa shape index (κ2) is 5.31. The SMILES string of the molecule is C=C(CC(=O)O)C(=O)OOCC. The highest BCUT2D eigenvalue weighted by Crippen LogP contribution is 2.00. The van der Waals surface area contributed by atoms with Crippen molar-refractivity contribution in [3.63, 3.8) is 0 Å². The number of carboxylic acids is 1. The van der Waals surface area contributed by atoms with Gasteiger partial charge in [-0.05, 0) is 6.92 Å².